The Kier molecular flexibility index (Phi) is 4.87. The summed E-state index contributed by atoms with van der Waals surface area (Å²) in [4.78, 5) is 12.5. The number of phenols is 1. The molecule has 6 nitrogen and oxygen atoms in total. The number of ether oxygens (including phenoxy) is 1. The number of fused-ring (bicyclic) bond motifs is 3. The maximum Gasteiger partial charge on any atom is 0.251 e. The summed E-state index contributed by atoms with van der Waals surface area (Å²) in [7, 11) is 1.36. The summed E-state index contributed by atoms with van der Waals surface area (Å²) in [6, 6.07) is 4.63. The fourth-order valence-corrected chi connectivity index (χ4v) is 4.59. The first-order chi connectivity index (χ1) is 12.0. The molecular formula is C19H24N2O4. The number of aliphatic hydroxyl groups excluding tert-OH is 1. The van der Waals surface area contributed by atoms with Gasteiger partial charge in [0.15, 0.2) is 11.5 Å². The number of nitrogens with zero attached hydrogens (tertiary/aromatic N) is 1. The van der Waals surface area contributed by atoms with Gasteiger partial charge in [-0.2, -0.15) is 5.26 Å². The van der Waals surface area contributed by atoms with Gasteiger partial charge in [0.1, 0.15) is 6.07 Å². The molecule has 3 aliphatic carbocycles. The molecule has 0 aromatic heterocycles. The van der Waals surface area contributed by atoms with Gasteiger partial charge in [0.2, 0.25) is 0 Å². The molecule has 0 spiro atoms. The molecular weight excluding hydrogens is 320 g/mol. The lowest BCUT2D eigenvalue weighted by atomic mass is 9.56. The number of phenolic OH excluding ortho intramolecular Hbond substituents is 1. The molecule has 1 aromatic rings. The van der Waals surface area contributed by atoms with Crippen LogP contribution in [0.4, 0.5) is 0 Å². The number of rotatable bonds is 5. The quantitative estimate of drug-likeness (QED) is 0.760. The molecule has 1 aromatic carbocycles. The zero-order valence-corrected chi connectivity index (χ0v) is 14.4. The van der Waals surface area contributed by atoms with Gasteiger partial charge < -0.3 is 20.3 Å². The van der Waals surface area contributed by atoms with Gasteiger partial charge >= 0.3 is 0 Å². The normalized spacial score (nSPS) is 27.6. The Bertz CT molecular complexity index is 704. The van der Waals surface area contributed by atoms with Crippen LogP contribution in [-0.4, -0.2) is 36.4 Å². The molecule has 3 aliphatic rings. The Morgan fingerprint density at radius 1 is 1.40 bits per heavy atom. The van der Waals surface area contributed by atoms with Gasteiger partial charge in [0.25, 0.3) is 5.91 Å². The summed E-state index contributed by atoms with van der Waals surface area (Å²) in [5, 5.41) is 32.0. The second-order valence-electron chi connectivity index (χ2n) is 7.31. The Hall–Kier alpha value is -2.26. The van der Waals surface area contributed by atoms with Crippen molar-refractivity contribution in [2.45, 2.75) is 32.1 Å². The van der Waals surface area contributed by atoms with Crippen molar-refractivity contribution in [2.24, 2.45) is 17.3 Å². The van der Waals surface area contributed by atoms with E-state index in [-0.39, 0.29) is 40.6 Å². The van der Waals surface area contributed by atoms with Crippen LogP contribution >= 0.6 is 0 Å². The van der Waals surface area contributed by atoms with Crippen molar-refractivity contribution in [3.05, 3.63) is 23.3 Å². The van der Waals surface area contributed by atoms with E-state index in [1.807, 2.05) is 6.07 Å². The van der Waals surface area contributed by atoms with Crippen molar-refractivity contribution in [1.82, 2.24) is 5.32 Å². The molecule has 3 saturated carbocycles. The van der Waals surface area contributed by atoms with Gasteiger partial charge in [0, 0.05) is 17.5 Å². The van der Waals surface area contributed by atoms with E-state index in [4.69, 9.17) is 10.00 Å². The first kappa shape index (κ1) is 17.6. The third-order valence-electron chi connectivity index (χ3n) is 5.98. The fourth-order valence-electron chi connectivity index (χ4n) is 4.59. The van der Waals surface area contributed by atoms with Crippen LogP contribution in [0.25, 0.3) is 0 Å². The average Bonchev–Trinajstić information content (AvgIpc) is 2.66. The van der Waals surface area contributed by atoms with E-state index in [0.29, 0.717) is 18.4 Å². The van der Waals surface area contributed by atoms with Crippen LogP contribution in [0.5, 0.6) is 11.5 Å². The van der Waals surface area contributed by atoms with Crippen molar-refractivity contribution in [3.63, 3.8) is 0 Å². The number of nitrogens with one attached hydrogen (secondary N) is 1. The van der Waals surface area contributed by atoms with E-state index in [1.54, 1.807) is 0 Å². The number of methoxy groups -OCH3 is 1. The van der Waals surface area contributed by atoms with Gasteiger partial charge in [0.05, 0.1) is 19.3 Å². The van der Waals surface area contributed by atoms with E-state index in [1.165, 1.54) is 32.1 Å². The fraction of sp³-hybridized carbons (Fsp3) is 0.579. The highest BCUT2D eigenvalue weighted by Gasteiger charge is 2.47. The average molecular weight is 344 g/mol. The molecule has 1 amide bonds. The van der Waals surface area contributed by atoms with Crippen LogP contribution in [0.15, 0.2) is 12.1 Å². The topological polar surface area (TPSA) is 103 Å². The van der Waals surface area contributed by atoms with E-state index in [0.717, 1.165) is 19.3 Å². The van der Waals surface area contributed by atoms with E-state index < -0.39 is 0 Å². The van der Waals surface area contributed by atoms with Gasteiger partial charge in [-0.3, -0.25) is 4.79 Å². The first-order valence-electron chi connectivity index (χ1n) is 8.73. The number of nitriles is 1. The Labute approximate surface area is 147 Å². The SMILES string of the molecule is COc1c(O)cc(C(=O)NCC2(CO)CC3CCC2CC3)cc1C#N. The zero-order chi connectivity index (χ0) is 18.0. The molecule has 4 rings (SSSR count). The maximum absolute atomic E-state index is 12.5. The Balaban J connectivity index is 1.74. The van der Waals surface area contributed by atoms with Crippen molar-refractivity contribution in [2.75, 3.05) is 20.3 Å². The lowest BCUT2D eigenvalue weighted by Gasteiger charge is -2.51. The number of aliphatic hydroxyl groups is 1. The molecule has 0 saturated heterocycles. The number of carbonyl (C=O) groups is 1. The summed E-state index contributed by atoms with van der Waals surface area (Å²) in [5.41, 5.74) is 0.0776. The summed E-state index contributed by atoms with van der Waals surface area (Å²) in [6.45, 7) is 0.490. The smallest absolute Gasteiger partial charge is 0.251 e. The molecule has 3 N–H and O–H groups in total. The maximum atomic E-state index is 12.5. The largest absolute Gasteiger partial charge is 0.504 e. The van der Waals surface area contributed by atoms with Crippen LogP contribution in [-0.2, 0) is 0 Å². The van der Waals surface area contributed by atoms with E-state index >= 15 is 0 Å². The molecule has 25 heavy (non-hydrogen) atoms. The minimum Gasteiger partial charge on any atom is -0.504 e. The van der Waals surface area contributed by atoms with Crippen LogP contribution in [0.3, 0.4) is 0 Å². The summed E-state index contributed by atoms with van der Waals surface area (Å²) >= 11 is 0. The monoisotopic (exact) mass is 344 g/mol. The number of aromatic hydroxyl groups is 1. The van der Waals surface area contributed by atoms with Gasteiger partial charge in [-0.15, -0.1) is 0 Å². The minimum atomic E-state index is -0.358. The molecule has 134 valence electrons. The molecule has 2 bridgehead atoms. The highest BCUT2D eigenvalue weighted by Crippen LogP contribution is 2.52. The molecule has 1 unspecified atom stereocenters. The van der Waals surface area contributed by atoms with Crippen molar-refractivity contribution >= 4 is 5.91 Å². The van der Waals surface area contributed by atoms with Crippen LogP contribution in [0.2, 0.25) is 0 Å². The van der Waals surface area contributed by atoms with E-state index in [9.17, 15) is 15.0 Å². The zero-order valence-electron chi connectivity index (χ0n) is 14.4. The Morgan fingerprint density at radius 3 is 2.64 bits per heavy atom. The second-order valence-corrected chi connectivity index (χ2v) is 7.31. The predicted octanol–water partition coefficient (Wildman–Crippen LogP) is 2.19. The molecule has 1 atom stereocenters. The first-order valence-corrected chi connectivity index (χ1v) is 8.73. The van der Waals surface area contributed by atoms with Crippen LogP contribution in [0, 0.1) is 28.6 Å². The number of hydrogen-bond donors (Lipinski definition) is 3. The molecule has 3 fully saturated rings. The van der Waals surface area contributed by atoms with E-state index in [2.05, 4.69) is 5.32 Å². The molecule has 0 radical (unpaired) electrons. The Morgan fingerprint density at radius 2 is 2.12 bits per heavy atom. The third-order valence-corrected chi connectivity index (χ3v) is 5.98. The van der Waals surface area contributed by atoms with Crippen molar-refractivity contribution < 1.29 is 19.7 Å². The summed E-state index contributed by atoms with van der Waals surface area (Å²) in [5.74, 6) is 0.561. The highest BCUT2D eigenvalue weighted by molar-refractivity contribution is 5.95. The van der Waals surface area contributed by atoms with Crippen LogP contribution < -0.4 is 10.1 Å². The minimum absolute atomic E-state index is 0.0652. The van der Waals surface area contributed by atoms with Crippen molar-refractivity contribution in [3.8, 4) is 17.6 Å². The standard InChI is InChI=1S/C19H24N2O4/c1-25-17-14(9-20)6-13(7-16(17)23)18(24)21-10-19(11-22)8-12-2-4-15(19)5-3-12/h6-7,12,15,22-23H,2-5,8,10-11H2,1H3,(H,21,24). The predicted molar refractivity (Wildman–Crippen MR) is 91.3 cm³/mol. The number of hydrogen-bond acceptors (Lipinski definition) is 5. The number of carbonyl (C=O) groups excluding carboxylic acids is 1. The molecule has 6 heteroatoms. The van der Waals surface area contributed by atoms with Gasteiger partial charge in [-0.1, -0.05) is 12.8 Å². The van der Waals surface area contributed by atoms with Crippen LogP contribution in [0.1, 0.15) is 48.0 Å². The highest BCUT2D eigenvalue weighted by atomic mass is 16.5. The summed E-state index contributed by atoms with van der Waals surface area (Å²) < 4.78 is 4.99. The number of amides is 1. The van der Waals surface area contributed by atoms with Gasteiger partial charge in [-0.25, -0.2) is 0 Å². The lowest BCUT2D eigenvalue weighted by molar-refractivity contribution is -0.0381. The van der Waals surface area contributed by atoms with Gasteiger partial charge in [-0.05, 0) is 43.2 Å². The molecule has 0 aliphatic heterocycles. The van der Waals surface area contributed by atoms with Crippen molar-refractivity contribution in [1.29, 1.82) is 5.26 Å². The number of benzene rings is 1. The second kappa shape index (κ2) is 6.93. The lowest BCUT2D eigenvalue weighted by Crippen LogP contribution is -2.51. The summed E-state index contributed by atoms with van der Waals surface area (Å²) in [6.07, 6.45) is 5.62. The molecule has 0 heterocycles. The third kappa shape index (κ3) is 3.16.